The number of hydrogen-bond donors (Lipinski definition) is 1. The lowest BCUT2D eigenvalue weighted by atomic mass is 10.1. The van der Waals surface area contributed by atoms with Gasteiger partial charge in [-0.3, -0.25) is 4.79 Å². The molecule has 158 valence electrons. The Bertz CT molecular complexity index is 1040. The highest BCUT2D eigenvalue weighted by Gasteiger charge is 2.39. The lowest BCUT2D eigenvalue weighted by molar-refractivity contribution is -0.137. The fraction of sp³-hybridized carbons (Fsp3) is 0.353. The molecule has 0 radical (unpaired) electrons. The molecule has 2 N–H and O–H groups in total. The molecule has 6 nitrogen and oxygen atoms in total. The molecule has 1 aromatic carbocycles. The summed E-state index contributed by atoms with van der Waals surface area (Å²) >= 11 is 4.31. The summed E-state index contributed by atoms with van der Waals surface area (Å²) in [5.41, 5.74) is 3.79. The molecule has 1 fully saturated rings. The monoisotopic (exact) mass is 511 g/mol. The van der Waals surface area contributed by atoms with Crippen molar-refractivity contribution < 1.29 is 26.4 Å². The third-order valence-corrected chi connectivity index (χ3v) is 8.71. The van der Waals surface area contributed by atoms with Crippen LogP contribution < -0.4 is 10.6 Å². The summed E-state index contributed by atoms with van der Waals surface area (Å²) in [5.74, 6) is -0.951. The molecule has 0 aliphatic carbocycles. The fourth-order valence-electron chi connectivity index (χ4n) is 3.26. The lowest BCUT2D eigenvalue weighted by Gasteiger charge is -2.40. The van der Waals surface area contributed by atoms with Crippen LogP contribution in [0.25, 0.3) is 0 Å². The average molecular weight is 512 g/mol. The smallest absolute Gasteiger partial charge is 0.368 e. The summed E-state index contributed by atoms with van der Waals surface area (Å²) in [5, 5.41) is 0. The number of carbonyl (C=O) groups excluding carboxylic acids is 1. The SMILES string of the molecule is CC1CN(c2ccc(C(N)=O)cc2C(F)(F)F)CCN1S(=O)(=O)c1ccc(Br)s1. The van der Waals surface area contributed by atoms with Crippen molar-refractivity contribution in [2.75, 3.05) is 24.5 Å². The molecule has 1 saturated heterocycles. The van der Waals surface area contributed by atoms with Gasteiger partial charge in [-0.05, 0) is 53.2 Å². The fourth-order valence-corrected chi connectivity index (χ4v) is 7.01. The van der Waals surface area contributed by atoms with Crippen molar-refractivity contribution in [3.63, 3.8) is 0 Å². The Morgan fingerprint density at radius 3 is 2.45 bits per heavy atom. The number of rotatable bonds is 4. The number of sulfonamides is 1. The lowest BCUT2D eigenvalue weighted by Crippen LogP contribution is -2.54. The zero-order chi connectivity index (χ0) is 21.6. The molecular weight excluding hydrogens is 495 g/mol. The first-order valence-corrected chi connectivity index (χ1v) is 11.5. The first kappa shape index (κ1) is 22.1. The van der Waals surface area contributed by atoms with E-state index in [1.807, 2.05) is 0 Å². The van der Waals surface area contributed by atoms with E-state index in [1.165, 1.54) is 27.4 Å². The van der Waals surface area contributed by atoms with Crippen LogP contribution in [0.15, 0.2) is 38.3 Å². The highest BCUT2D eigenvalue weighted by molar-refractivity contribution is 9.11. The Labute approximate surface area is 178 Å². The summed E-state index contributed by atoms with van der Waals surface area (Å²) < 4.78 is 68.5. The van der Waals surface area contributed by atoms with E-state index in [-0.39, 0.29) is 35.1 Å². The molecule has 12 heteroatoms. The van der Waals surface area contributed by atoms with Gasteiger partial charge in [-0.15, -0.1) is 11.3 Å². The van der Waals surface area contributed by atoms with Gasteiger partial charge in [0, 0.05) is 36.9 Å². The number of anilines is 1. The van der Waals surface area contributed by atoms with Crippen molar-refractivity contribution in [2.24, 2.45) is 5.73 Å². The number of primary amides is 1. The standard InChI is InChI=1S/C17H17BrF3N3O3S2/c1-10-9-23(6-7-24(10)29(26,27)15-5-4-14(18)28-15)13-3-2-11(16(22)25)8-12(13)17(19,20)21/h2-5,8,10H,6-7,9H2,1H3,(H2,22,25). The number of alkyl halides is 3. The van der Waals surface area contributed by atoms with Crippen LogP contribution in [-0.4, -0.2) is 44.3 Å². The van der Waals surface area contributed by atoms with E-state index in [4.69, 9.17) is 5.73 Å². The highest BCUT2D eigenvalue weighted by Crippen LogP contribution is 2.38. The number of carbonyl (C=O) groups is 1. The van der Waals surface area contributed by atoms with E-state index in [2.05, 4.69) is 15.9 Å². The molecule has 0 spiro atoms. The maximum Gasteiger partial charge on any atom is 0.418 e. The van der Waals surface area contributed by atoms with E-state index < -0.39 is 33.7 Å². The molecule has 2 aromatic rings. The molecular formula is C17H17BrF3N3O3S2. The van der Waals surface area contributed by atoms with Crippen molar-refractivity contribution in [2.45, 2.75) is 23.4 Å². The molecule has 1 aliphatic heterocycles. The summed E-state index contributed by atoms with van der Waals surface area (Å²) in [4.78, 5) is 12.8. The van der Waals surface area contributed by atoms with E-state index in [9.17, 15) is 26.4 Å². The van der Waals surface area contributed by atoms with Gasteiger partial charge in [-0.25, -0.2) is 8.42 Å². The molecule has 1 aromatic heterocycles. The van der Waals surface area contributed by atoms with Crippen molar-refractivity contribution >= 4 is 48.9 Å². The Kier molecular flexibility index (Phi) is 6.01. The van der Waals surface area contributed by atoms with Gasteiger partial charge in [0.15, 0.2) is 0 Å². The van der Waals surface area contributed by atoms with Gasteiger partial charge >= 0.3 is 6.18 Å². The zero-order valence-electron chi connectivity index (χ0n) is 15.1. The second-order valence-electron chi connectivity index (χ2n) is 6.56. The molecule has 29 heavy (non-hydrogen) atoms. The predicted molar refractivity (Wildman–Crippen MR) is 108 cm³/mol. The number of piperazine rings is 1. The number of amides is 1. The van der Waals surface area contributed by atoms with E-state index in [0.29, 0.717) is 3.79 Å². The minimum absolute atomic E-state index is 0.0356. The van der Waals surface area contributed by atoms with Gasteiger partial charge in [0.2, 0.25) is 5.91 Å². The van der Waals surface area contributed by atoms with Crippen LogP contribution in [0.2, 0.25) is 0 Å². The number of halogens is 4. The summed E-state index contributed by atoms with van der Waals surface area (Å²) in [6.07, 6.45) is -4.68. The Morgan fingerprint density at radius 2 is 1.93 bits per heavy atom. The van der Waals surface area contributed by atoms with Crippen LogP contribution in [0.3, 0.4) is 0 Å². The number of hydrogen-bond acceptors (Lipinski definition) is 5. The van der Waals surface area contributed by atoms with E-state index >= 15 is 0 Å². The first-order chi connectivity index (χ1) is 13.4. The molecule has 1 unspecified atom stereocenters. The average Bonchev–Trinajstić information content (AvgIpc) is 3.07. The Hall–Kier alpha value is -1.63. The van der Waals surface area contributed by atoms with Crippen molar-refractivity contribution in [3.05, 3.63) is 45.2 Å². The zero-order valence-corrected chi connectivity index (χ0v) is 18.3. The third-order valence-electron chi connectivity index (χ3n) is 4.61. The third kappa shape index (κ3) is 4.44. The van der Waals surface area contributed by atoms with Crippen LogP contribution in [0.4, 0.5) is 18.9 Å². The number of nitrogens with zero attached hydrogens (tertiary/aromatic N) is 2. The topological polar surface area (TPSA) is 83.7 Å². The van der Waals surface area contributed by atoms with Crippen molar-refractivity contribution in [3.8, 4) is 0 Å². The summed E-state index contributed by atoms with van der Waals surface area (Å²) in [7, 11) is -3.74. The van der Waals surface area contributed by atoms with Crippen LogP contribution in [0, 0.1) is 0 Å². The maximum atomic E-state index is 13.5. The number of benzene rings is 1. The van der Waals surface area contributed by atoms with Gasteiger partial charge < -0.3 is 10.6 Å². The van der Waals surface area contributed by atoms with E-state index in [1.54, 1.807) is 13.0 Å². The van der Waals surface area contributed by atoms with Gasteiger partial charge in [0.05, 0.1) is 9.35 Å². The van der Waals surface area contributed by atoms with Gasteiger partial charge in [0.25, 0.3) is 10.0 Å². The second kappa shape index (κ2) is 7.89. The number of thiophene rings is 1. The Morgan fingerprint density at radius 1 is 1.24 bits per heavy atom. The quantitative estimate of drug-likeness (QED) is 0.680. The molecule has 0 bridgehead atoms. The largest absolute Gasteiger partial charge is 0.418 e. The van der Waals surface area contributed by atoms with Gasteiger partial charge in [-0.1, -0.05) is 0 Å². The van der Waals surface area contributed by atoms with E-state index in [0.717, 1.165) is 17.4 Å². The predicted octanol–water partition coefficient (Wildman–Crippen LogP) is 3.53. The minimum Gasteiger partial charge on any atom is -0.368 e. The molecule has 1 aliphatic rings. The summed E-state index contributed by atoms with van der Waals surface area (Å²) in [6, 6.07) is 5.75. The van der Waals surface area contributed by atoms with Crippen molar-refractivity contribution in [1.82, 2.24) is 4.31 Å². The van der Waals surface area contributed by atoms with Gasteiger partial charge in [0.1, 0.15) is 4.21 Å². The molecule has 0 saturated carbocycles. The first-order valence-electron chi connectivity index (χ1n) is 8.44. The Balaban J connectivity index is 1.89. The molecule has 1 atom stereocenters. The van der Waals surface area contributed by atoms with Crippen LogP contribution in [-0.2, 0) is 16.2 Å². The number of nitrogens with two attached hydrogens (primary N) is 1. The summed E-state index contributed by atoms with van der Waals surface area (Å²) in [6.45, 7) is 1.84. The van der Waals surface area contributed by atoms with Crippen LogP contribution in [0.5, 0.6) is 0 Å². The van der Waals surface area contributed by atoms with Crippen LogP contribution >= 0.6 is 27.3 Å². The molecule has 1 amide bonds. The van der Waals surface area contributed by atoms with Crippen LogP contribution in [0.1, 0.15) is 22.8 Å². The maximum absolute atomic E-state index is 13.5. The minimum atomic E-state index is -4.68. The van der Waals surface area contributed by atoms with Gasteiger partial charge in [-0.2, -0.15) is 17.5 Å². The van der Waals surface area contributed by atoms with Crippen molar-refractivity contribution in [1.29, 1.82) is 0 Å². The second-order valence-corrected chi connectivity index (χ2v) is 11.1. The molecule has 3 rings (SSSR count). The normalized spacial score (nSPS) is 18.8. The molecule has 2 heterocycles. The highest BCUT2D eigenvalue weighted by atomic mass is 79.9.